The van der Waals surface area contributed by atoms with Crippen molar-refractivity contribution in [2.45, 2.75) is 18.3 Å². The van der Waals surface area contributed by atoms with Crippen LogP contribution in [0.1, 0.15) is 0 Å². The number of Topliss-reactive ketones (excluding diaryl/α,β-unsaturated/α-hetero) is 1. The van der Waals surface area contributed by atoms with E-state index >= 15 is 0 Å². The molecule has 8 nitrogen and oxygen atoms in total. The third-order valence-corrected chi connectivity index (χ3v) is 1.70. The largest absolute Gasteiger partial charge is 0.480 e. The van der Waals surface area contributed by atoms with Gasteiger partial charge >= 0.3 is 5.97 Å². The maximum atomic E-state index is 11.1. The molecule has 3 atom stereocenters. The lowest BCUT2D eigenvalue weighted by atomic mass is 10.1. The van der Waals surface area contributed by atoms with Crippen molar-refractivity contribution in [3.63, 3.8) is 0 Å². The van der Waals surface area contributed by atoms with Crippen molar-refractivity contribution in [1.82, 2.24) is 0 Å². The van der Waals surface area contributed by atoms with Gasteiger partial charge in [0.2, 0.25) is 0 Å². The van der Waals surface area contributed by atoms with Gasteiger partial charge in [0.25, 0.3) is 0 Å². The van der Waals surface area contributed by atoms with Crippen LogP contribution in [0.2, 0.25) is 0 Å². The quantitative estimate of drug-likeness (QED) is 0.296. The molecular weight excluding hydrogens is 224 g/mol. The summed E-state index contributed by atoms with van der Waals surface area (Å²) < 4.78 is 4.38. The highest BCUT2D eigenvalue weighted by atomic mass is 16.5. The number of aliphatic hydroxyl groups is 4. The van der Waals surface area contributed by atoms with Crippen LogP contribution in [0.3, 0.4) is 0 Å². The van der Waals surface area contributed by atoms with E-state index in [1.165, 1.54) is 0 Å². The van der Waals surface area contributed by atoms with E-state index < -0.39 is 49.9 Å². The van der Waals surface area contributed by atoms with Crippen LogP contribution >= 0.6 is 0 Å². The van der Waals surface area contributed by atoms with E-state index in [0.29, 0.717) is 0 Å². The van der Waals surface area contributed by atoms with Gasteiger partial charge in [0.15, 0.2) is 5.78 Å². The van der Waals surface area contributed by atoms with Crippen LogP contribution in [0.15, 0.2) is 0 Å². The number of ether oxygens (including phenoxy) is 1. The first kappa shape index (κ1) is 14.9. The average molecular weight is 238 g/mol. The number of rotatable bonds is 8. The molecule has 0 saturated carbocycles. The fourth-order valence-corrected chi connectivity index (χ4v) is 0.833. The van der Waals surface area contributed by atoms with Gasteiger partial charge in [-0.3, -0.25) is 4.79 Å². The summed E-state index contributed by atoms with van der Waals surface area (Å²) in [5, 5.41) is 43.8. The molecule has 0 heterocycles. The van der Waals surface area contributed by atoms with Gasteiger partial charge in [-0.05, 0) is 0 Å². The molecule has 0 aliphatic heterocycles. The summed E-state index contributed by atoms with van der Waals surface area (Å²) in [6, 6.07) is 0. The number of aliphatic hydroxyl groups excluding tert-OH is 4. The standard InChI is InChI=1S/C8H14O8/c9-1-4(10)7(14)8(15)5(11)2-16-3-6(12)13/h4,7-10,14-15H,1-3H2,(H,12,13)/t4-,7+,8+/m1/s1. The fraction of sp³-hybridized carbons (Fsp3) is 0.750. The molecule has 0 aromatic carbocycles. The summed E-state index contributed by atoms with van der Waals surface area (Å²) in [4.78, 5) is 21.1. The maximum absolute atomic E-state index is 11.1. The van der Waals surface area contributed by atoms with Crippen LogP contribution in [-0.2, 0) is 14.3 Å². The molecule has 8 heteroatoms. The highest BCUT2D eigenvalue weighted by Gasteiger charge is 2.29. The molecule has 94 valence electrons. The molecule has 5 N–H and O–H groups in total. The molecule has 0 fully saturated rings. The first-order valence-electron chi connectivity index (χ1n) is 4.37. The molecular formula is C8H14O8. The van der Waals surface area contributed by atoms with Crippen molar-refractivity contribution >= 4 is 11.8 Å². The third kappa shape index (κ3) is 5.14. The Hall–Kier alpha value is -1.06. The number of carbonyl (C=O) groups is 2. The van der Waals surface area contributed by atoms with Crippen LogP contribution in [0.4, 0.5) is 0 Å². The first-order chi connectivity index (χ1) is 7.40. The van der Waals surface area contributed by atoms with Gasteiger partial charge in [-0.1, -0.05) is 0 Å². The Balaban J connectivity index is 4.02. The van der Waals surface area contributed by atoms with Crippen molar-refractivity contribution in [2.24, 2.45) is 0 Å². The molecule has 0 spiro atoms. The van der Waals surface area contributed by atoms with Crippen LogP contribution in [0, 0.1) is 0 Å². The van der Waals surface area contributed by atoms with Gasteiger partial charge in [0.05, 0.1) is 6.61 Å². The van der Waals surface area contributed by atoms with E-state index in [9.17, 15) is 9.59 Å². The molecule has 0 aliphatic carbocycles. The smallest absolute Gasteiger partial charge is 0.329 e. The lowest BCUT2D eigenvalue weighted by molar-refractivity contribution is -0.149. The molecule has 0 aliphatic rings. The molecule has 0 aromatic heterocycles. The first-order valence-corrected chi connectivity index (χ1v) is 4.37. The molecule has 0 aromatic rings. The second kappa shape index (κ2) is 7.25. The topological polar surface area (TPSA) is 145 Å². The zero-order chi connectivity index (χ0) is 12.7. The summed E-state index contributed by atoms with van der Waals surface area (Å²) in [5.41, 5.74) is 0. The van der Waals surface area contributed by atoms with Crippen LogP contribution in [-0.4, -0.2) is 75.4 Å². The second-order valence-corrected chi connectivity index (χ2v) is 3.04. The van der Waals surface area contributed by atoms with E-state index in [-0.39, 0.29) is 0 Å². The number of ketones is 1. The molecule has 0 radical (unpaired) electrons. The predicted octanol–water partition coefficient (Wildman–Crippen LogP) is -3.27. The number of carboxylic acids is 1. The van der Waals surface area contributed by atoms with Gasteiger partial charge in [0, 0.05) is 0 Å². The van der Waals surface area contributed by atoms with Crippen LogP contribution in [0.5, 0.6) is 0 Å². The summed E-state index contributed by atoms with van der Waals surface area (Å²) in [5.74, 6) is -2.26. The SMILES string of the molecule is O=C(O)COCC(=O)[C@H](O)[C@@H](O)[C@H](O)CO. The number of carbonyl (C=O) groups excluding carboxylic acids is 1. The lowest BCUT2D eigenvalue weighted by Gasteiger charge is -2.20. The lowest BCUT2D eigenvalue weighted by Crippen LogP contribution is -2.45. The number of aliphatic carboxylic acids is 1. The highest BCUT2D eigenvalue weighted by Crippen LogP contribution is 2.01. The molecule has 0 bridgehead atoms. The van der Waals surface area contributed by atoms with Crippen molar-refractivity contribution in [3.05, 3.63) is 0 Å². The van der Waals surface area contributed by atoms with Crippen molar-refractivity contribution in [2.75, 3.05) is 19.8 Å². The molecule has 0 amide bonds. The van der Waals surface area contributed by atoms with Crippen molar-refractivity contribution in [1.29, 1.82) is 0 Å². The number of carboxylic acid groups (broad SMARTS) is 1. The normalized spacial score (nSPS) is 16.5. The molecule has 0 saturated heterocycles. The Bertz CT molecular complexity index is 240. The van der Waals surface area contributed by atoms with Crippen LogP contribution in [0.25, 0.3) is 0 Å². The Labute approximate surface area is 90.7 Å². The zero-order valence-corrected chi connectivity index (χ0v) is 8.31. The van der Waals surface area contributed by atoms with Gasteiger partial charge in [-0.25, -0.2) is 4.79 Å². The Morgan fingerprint density at radius 3 is 2.12 bits per heavy atom. The maximum Gasteiger partial charge on any atom is 0.329 e. The van der Waals surface area contributed by atoms with E-state index in [0.717, 1.165) is 0 Å². The minimum absolute atomic E-state index is 0.706. The minimum atomic E-state index is -1.93. The van der Waals surface area contributed by atoms with Gasteiger partial charge in [-0.15, -0.1) is 0 Å². The highest BCUT2D eigenvalue weighted by molar-refractivity contribution is 5.84. The molecule has 0 unspecified atom stereocenters. The fourth-order valence-electron chi connectivity index (χ4n) is 0.833. The van der Waals surface area contributed by atoms with Gasteiger partial charge in [0.1, 0.15) is 31.5 Å². The molecule has 0 rings (SSSR count). The number of hydrogen-bond donors (Lipinski definition) is 5. The zero-order valence-electron chi connectivity index (χ0n) is 8.31. The second-order valence-electron chi connectivity index (χ2n) is 3.04. The monoisotopic (exact) mass is 238 g/mol. The van der Waals surface area contributed by atoms with Gasteiger partial charge < -0.3 is 30.3 Å². The van der Waals surface area contributed by atoms with Crippen LogP contribution < -0.4 is 0 Å². The minimum Gasteiger partial charge on any atom is -0.480 e. The average Bonchev–Trinajstić information content (AvgIpc) is 2.25. The van der Waals surface area contributed by atoms with E-state index in [1.807, 2.05) is 0 Å². The van der Waals surface area contributed by atoms with Gasteiger partial charge in [-0.2, -0.15) is 0 Å². The van der Waals surface area contributed by atoms with Crippen molar-refractivity contribution in [3.8, 4) is 0 Å². The predicted molar refractivity (Wildman–Crippen MR) is 48.6 cm³/mol. The summed E-state index contributed by atoms with van der Waals surface area (Å²) in [6.45, 7) is -2.23. The Morgan fingerprint density at radius 2 is 1.69 bits per heavy atom. The van der Waals surface area contributed by atoms with Crippen molar-refractivity contribution < 1.29 is 39.9 Å². The third-order valence-electron chi connectivity index (χ3n) is 1.70. The Morgan fingerprint density at radius 1 is 1.12 bits per heavy atom. The number of hydrogen-bond acceptors (Lipinski definition) is 7. The summed E-state index contributed by atoms with van der Waals surface area (Å²) >= 11 is 0. The van der Waals surface area contributed by atoms with E-state index in [2.05, 4.69) is 4.74 Å². The summed E-state index contributed by atoms with van der Waals surface area (Å²) in [6.07, 6.45) is -5.43. The summed E-state index contributed by atoms with van der Waals surface area (Å²) in [7, 11) is 0. The van der Waals surface area contributed by atoms with E-state index in [4.69, 9.17) is 25.5 Å². The Kier molecular flexibility index (Phi) is 6.77. The van der Waals surface area contributed by atoms with E-state index in [1.54, 1.807) is 0 Å². The molecule has 16 heavy (non-hydrogen) atoms.